The number of alkyl halides is 1. The van der Waals surface area contributed by atoms with Gasteiger partial charge in [0.2, 0.25) is 0 Å². The Kier molecular flexibility index (Phi) is 5.11. The Morgan fingerprint density at radius 1 is 1.50 bits per heavy atom. The van der Waals surface area contributed by atoms with E-state index in [1.807, 2.05) is 23.1 Å². The van der Waals surface area contributed by atoms with Crippen LogP contribution in [0.1, 0.15) is 23.7 Å². The highest BCUT2D eigenvalue weighted by molar-refractivity contribution is 14.1. The maximum atomic E-state index is 12.5. The molecule has 1 saturated heterocycles. The lowest BCUT2D eigenvalue weighted by molar-refractivity contribution is 0.0705. The fourth-order valence-corrected chi connectivity index (χ4v) is 3.58. The van der Waals surface area contributed by atoms with Crippen LogP contribution in [0.3, 0.4) is 0 Å². The fourth-order valence-electron chi connectivity index (χ4n) is 2.04. The third-order valence-corrected chi connectivity index (χ3v) is 5.94. The number of halogens is 3. The van der Waals surface area contributed by atoms with Crippen molar-refractivity contribution >= 4 is 60.4 Å². The SMILES string of the molecule is CC1CCN(C(=O)c2cc(Br)ccc2I)CC1Br. The van der Waals surface area contributed by atoms with Gasteiger partial charge < -0.3 is 4.90 Å². The lowest BCUT2D eigenvalue weighted by atomic mass is 9.98. The van der Waals surface area contributed by atoms with E-state index in [0.717, 1.165) is 33.1 Å². The van der Waals surface area contributed by atoms with E-state index in [0.29, 0.717) is 10.7 Å². The molecule has 2 rings (SSSR count). The summed E-state index contributed by atoms with van der Waals surface area (Å²) in [5.41, 5.74) is 0.791. The lowest BCUT2D eigenvalue weighted by Crippen LogP contribution is -2.43. The molecule has 1 aliphatic rings. The van der Waals surface area contributed by atoms with E-state index in [4.69, 9.17) is 0 Å². The van der Waals surface area contributed by atoms with Gasteiger partial charge in [-0.2, -0.15) is 0 Å². The van der Waals surface area contributed by atoms with Crippen molar-refractivity contribution in [3.05, 3.63) is 31.8 Å². The second-order valence-electron chi connectivity index (χ2n) is 4.66. The minimum absolute atomic E-state index is 0.136. The summed E-state index contributed by atoms with van der Waals surface area (Å²) in [5, 5.41) is 0. The molecule has 2 nitrogen and oxygen atoms in total. The monoisotopic (exact) mass is 485 g/mol. The van der Waals surface area contributed by atoms with Gasteiger partial charge in [0.1, 0.15) is 0 Å². The zero-order chi connectivity index (χ0) is 13.3. The molecule has 1 aromatic rings. The number of hydrogen-bond donors (Lipinski definition) is 0. The van der Waals surface area contributed by atoms with Crippen LogP contribution < -0.4 is 0 Å². The molecule has 0 saturated carbocycles. The van der Waals surface area contributed by atoms with Gasteiger partial charge in [-0.15, -0.1) is 0 Å². The number of amides is 1. The Labute approximate surface area is 138 Å². The zero-order valence-corrected chi connectivity index (χ0v) is 15.3. The Hall–Kier alpha value is 0.380. The number of rotatable bonds is 1. The standard InChI is InChI=1S/C13H14Br2INO/c1-8-4-5-17(7-11(8)15)13(18)10-6-9(14)2-3-12(10)16/h2-3,6,8,11H,4-5,7H2,1H3. The highest BCUT2D eigenvalue weighted by atomic mass is 127. The zero-order valence-electron chi connectivity index (χ0n) is 10.00. The predicted molar refractivity (Wildman–Crippen MR) is 89.3 cm³/mol. The number of hydrogen-bond acceptors (Lipinski definition) is 1. The van der Waals surface area contributed by atoms with Gasteiger partial charge in [0.15, 0.2) is 0 Å². The smallest absolute Gasteiger partial charge is 0.255 e. The first-order valence-electron chi connectivity index (χ1n) is 5.87. The maximum Gasteiger partial charge on any atom is 0.255 e. The number of likely N-dealkylation sites (tertiary alicyclic amines) is 1. The molecule has 1 aromatic carbocycles. The molecule has 5 heteroatoms. The maximum absolute atomic E-state index is 12.5. The van der Waals surface area contributed by atoms with Crippen LogP contribution in [0, 0.1) is 9.49 Å². The summed E-state index contributed by atoms with van der Waals surface area (Å²) in [7, 11) is 0. The van der Waals surface area contributed by atoms with Crippen molar-refractivity contribution in [1.82, 2.24) is 4.90 Å². The van der Waals surface area contributed by atoms with Gasteiger partial charge in [0.05, 0.1) is 5.56 Å². The normalized spacial score (nSPS) is 24.1. The van der Waals surface area contributed by atoms with Crippen LogP contribution in [-0.2, 0) is 0 Å². The minimum Gasteiger partial charge on any atom is -0.337 e. The number of nitrogens with zero attached hydrogens (tertiary/aromatic N) is 1. The van der Waals surface area contributed by atoms with Crippen LogP contribution in [0.25, 0.3) is 0 Å². The fraction of sp³-hybridized carbons (Fsp3) is 0.462. The summed E-state index contributed by atoms with van der Waals surface area (Å²) in [4.78, 5) is 14.9. The molecular weight excluding hydrogens is 473 g/mol. The summed E-state index contributed by atoms with van der Waals surface area (Å²) in [6.45, 7) is 3.87. The van der Waals surface area contributed by atoms with E-state index < -0.39 is 0 Å². The molecule has 1 amide bonds. The molecule has 1 heterocycles. The summed E-state index contributed by atoms with van der Waals surface area (Å²) in [6.07, 6.45) is 1.06. The number of carbonyl (C=O) groups excluding carboxylic acids is 1. The van der Waals surface area contributed by atoms with E-state index in [1.54, 1.807) is 0 Å². The van der Waals surface area contributed by atoms with Crippen molar-refractivity contribution < 1.29 is 4.79 Å². The van der Waals surface area contributed by atoms with E-state index in [9.17, 15) is 4.79 Å². The molecule has 1 aliphatic heterocycles. The van der Waals surface area contributed by atoms with Crippen LogP contribution in [0.2, 0.25) is 0 Å². The Morgan fingerprint density at radius 3 is 2.89 bits per heavy atom. The van der Waals surface area contributed by atoms with Gasteiger partial charge in [-0.25, -0.2) is 0 Å². The third kappa shape index (κ3) is 3.28. The van der Waals surface area contributed by atoms with Crippen molar-refractivity contribution in [2.75, 3.05) is 13.1 Å². The average molecular weight is 487 g/mol. The molecule has 98 valence electrons. The first kappa shape index (κ1) is 14.8. The molecular formula is C13H14Br2INO. The number of carbonyl (C=O) groups is 1. The highest BCUT2D eigenvalue weighted by Gasteiger charge is 2.28. The largest absolute Gasteiger partial charge is 0.337 e. The summed E-state index contributed by atoms with van der Waals surface area (Å²) < 4.78 is 1.96. The van der Waals surface area contributed by atoms with Crippen LogP contribution in [-0.4, -0.2) is 28.7 Å². The van der Waals surface area contributed by atoms with Gasteiger partial charge in [0, 0.05) is 26.0 Å². The van der Waals surface area contributed by atoms with E-state index in [1.165, 1.54) is 0 Å². The molecule has 0 N–H and O–H groups in total. The molecule has 0 radical (unpaired) electrons. The van der Waals surface area contributed by atoms with Crippen LogP contribution in [0.15, 0.2) is 22.7 Å². The lowest BCUT2D eigenvalue weighted by Gasteiger charge is -2.34. The molecule has 1 fully saturated rings. The number of piperidine rings is 1. The van der Waals surface area contributed by atoms with Gasteiger partial charge in [-0.1, -0.05) is 38.8 Å². The van der Waals surface area contributed by atoms with E-state index in [2.05, 4.69) is 61.4 Å². The molecule has 0 spiro atoms. The second kappa shape index (κ2) is 6.22. The molecule has 0 aliphatic carbocycles. The average Bonchev–Trinajstić information content (AvgIpc) is 2.35. The van der Waals surface area contributed by atoms with E-state index >= 15 is 0 Å². The summed E-state index contributed by atoms with van der Waals surface area (Å²) in [5.74, 6) is 0.771. The van der Waals surface area contributed by atoms with Crippen molar-refractivity contribution in [2.45, 2.75) is 18.2 Å². The van der Waals surface area contributed by atoms with Crippen LogP contribution >= 0.6 is 54.5 Å². The van der Waals surface area contributed by atoms with Gasteiger partial charge in [0.25, 0.3) is 5.91 Å². The van der Waals surface area contributed by atoms with E-state index in [-0.39, 0.29) is 5.91 Å². The molecule has 18 heavy (non-hydrogen) atoms. The molecule has 2 atom stereocenters. The van der Waals surface area contributed by atoms with Crippen LogP contribution in [0.5, 0.6) is 0 Å². The topological polar surface area (TPSA) is 20.3 Å². The van der Waals surface area contributed by atoms with Crippen molar-refractivity contribution in [3.63, 3.8) is 0 Å². The predicted octanol–water partition coefficient (Wildman–Crippen LogP) is 4.30. The quantitative estimate of drug-likeness (QED) is 0.428. The highest BCUT2D eigenvalue weighted by Crippen LogP contribution is 2.26. The van der Waals surface area contributed by atoms with Crippen molar-refractivity contribution in [3.8, 4) is 0 Å². The minimum atomic E-state index is 0.136. The Balaban J connectivity index is 2.19. The van der Waals surface area contributed by atoms with Gasteiger partial charge in [-0.3, -0.25) is 4.79 Å². The Bertz CT molecular complexity index is 466. The first-order valence-corrected chi connectivity index (χ1v) is 8.66. The Morgan fingerprint density at radius 2 is 2.22 bits per heavy atom. The van der Waals surface area contributed by atoms with Crippen molar-refractivity contribution in [1.29, 1.82) is 0 Å². The van der Waals surface area contributed by atoms with Gasteiger partial charge >= 0.3 is 0 Å². The summed E-state index contributed by atoms with van der Waals surface area (Å²) in [6, 6.07) is 5.84. The van der Waals surface area contributed by atoms with Gasteiger partial charge in [-0.05, 0) is 53.1 Å². The third-order valence-electron chi connectivity index (χ3n) is 3.31. The summed E-state index contributed by atoms with van der Waals surface area (Å²) >= 11 is 9.31. The molecule has 0 bridgehead atoms. The van der Waals surface area contributed by atoms with Crippen LogP contribution in [0.4, 0.5) is 0 Å². The molecule has 2 unspecified atom stereocenters. The second-order valence-corrected chi connectivity index (χ2v) is 7.91. The molecule has 0 aromatic heterocycles. The first-order chi connectivity index (χ1) is 8.49. The van der Waals surface area contributed by atoms with Crippen molar-refractivity contribution in [2.24, 2.45) is 5.92 Å². The number of benzene rings is 1.